The van der Waals surface area contributed by atoms with E-state index in [9.17, 15) is 0 Å². The van der Waals surface area contributed by atoms with Crippen LogP contribution in [0.3, 0.4) is 0 Å². The van der Waals surface area contributed by atoms with Crippen LogP contribution in [0.25, 0.3) is 0 Å². The number of hydrogen-bond acceptors (Lipinski definition) is 2. The lowest BCUT2D eigenvalue weighted by Gasteiger charge is -2.08. The molecule has 4 nitrogen and oxygen atoms in total. The molecular formula is C15H14Cl2N3OS+. The number of nitrogens with one attached hydrogen (secondary N) is 2. The Hall–Kier alpha value is -1.82. The van der Waals surface area contributed by atoms with Crippen molar-refractivity contribution in [1.29, 1.82) is 0 Å². The van der Waals surface area contributed by atoms with E-state index in [2.05, 4.69) is 10.5 Å². The fraction of sp³-hybridized carbons (Fsp3) is 0.0667. The van der Waals surface area contributed by atoms with Gasteiger partial charge in [-0.3, -0.25) is 0 Å². The molecule has 0 fully saturated rings. The Morgan fingerprint density at radius 2 is 2.09 bits per heavy atom. The van der Waals surface area contributed by atoms with E-state index in [0.29, 0.717) is 16.7 Å². The van der Waals surface area contributed by atoms with Gasteiger partial charge in [-0.1, -0.05) is 35.3 Å². The third-order valence-corrected chi connectivity index (χ3v) is 3.39. The van der Waals surface area contributed by atoms with Crippen molar-refractivity contribution in [2.75, 3.05) is 0 Å². The van der Waals surface area contributed by atoms with E-state index in [-0.39, 0.29) is 5.11 Å². The summed E-state index contributed by atoms with van der Waals surface area (Å²) in [5.41, 5.74) is 9.71. The van der Waals surface area contributed by atoms with Crippen LogP contribution in [0.15, 0.2) is 42.5 Å². The fourth-order valence-electron chi connectivity index (χ4n) is 1.68. The molecule has 0 saturated carbocycles. The van der Waals surface area contributed by atoms with Gasteiger partial charge in [0.05, 0.1) is 0 Å². The maximum absolute atomic E-state index is 6.11. The number of hydrazine groups is 1. The Balaban J connectivity index is 2.01. The first kappa shape index (κ1) is 16.5. The second-order valence-corrected chi connectivity index (χ2v) is 5.66. The van der Waals surface area contributed by atoms with Gasteiger partial charge in [-0.2, -0.15) is 0 Å². The monoisotopic (exact) mass is 354 g/mol. The zero-order valence-corrected chi connectivity index (χ0v) is 13.8. The Morgan fingerprint density at radius 3 is 2.82 bits per heavy atom. The summed E-state index contributed by atoms with van der Waals surface area (Å²) in [7, 11) is 0. The van der Waals surface area contributed by atoms with Crippen molar-refractivity contribution >= 4 is 46.7 Å². The second-order valence-electron chi connectivity index (χ2n) is 4.37. The minimum absolute atomic E-state index is 0.168. The molecule has 0 heterocycles. The van der Waals surface area contributed by atoms with Crippen LogP contribution >= 0.6 is 35.4 Å². The molecule has 0 atom stereocenters. The number of halogens is 2. The third-order valence-electron chi connectivity index (χ3n) is 2.70. The number of nitrogens with two attached hydrogens (primary N) is 1. The fourth-order valence-corrected chi connectivity index (χ4v) is 2.21. The van der Waals surface area contributed by atoms with Crippen LogP contribution in [0.1, 0.15) is 11.1 Å². The zero-order valence-electron chi connectivity index (χ0n) is 11.5. The lowest BCUT2D eigenvalue weighted by molar-refractivity contribution is -0.499. The van der Waals surface area contributed by atoms with Crippen molar-refractivity contribution in [1.82, 2.24) is 5.43 Å². The maximum atomic E-state index is 6.11. The van der Waals surface area contributed by atoms with Crippen LogP contribution in [0.4, 0.5) is 0 Å². The predicted octanol–water partition coefficient (Wildman–Crippen LogP) is 1.82. The van der Waals surface area contributed by atoms with Crippen molar-refractivity contribution < 1.29 is 9.84 Å². The Morgan fingerprint density at radius 1 is 1.27 bits per heavy atom. The highest BCUT2D eigenvalue weighted by Crippen LogP contribution is 2.22. The van der Waals surface area contributed by atoms with Gasteiger partial charge in [0.25, 0.3) is 0 Å². The van der Waals surface area contributed by atoms with Crippen LogP contribution in [0.5, 0.6) is 5.75 Å². The molecule has 0 aromatic heterocycles. The van der Waals surface area contributed by atoms with E-state index in [1.54, 1.807) is 18.3 Å². The average molecular weight is 355 g/mol. The molecule has 4 N–H and O–H groups in total. The average Bonchev–Trinajstić information content (AvgIpc) is 2.46. The van der Waals surface area contributed by atoms with Crippen LogP contribution in [0.2, 0.25) is 10.0 Å². The summed E-state index contributed by atoms with van der Waals surface area (Å²) in [5.74, 6) is 0.719. The molecule has 7 heteroatoms. The van der Waals surface area contributed by atoms with Crippen molar-refractivity contribution in [3.8, 4) is 5.75 Å². The molecule has 0 radical (unpaired) electrons. The molecule has 22 heavy (non-hydrogen) atoms. The number of hydrogen-bond donors (Lipinski definition) is 3. The third kappa shape index (κ3) is 5.18. The van der Waals surface area contributed by atoms with E-state index < -0.39 is 0 Å². The highest BCUT2D eigenvalue weighted by molar-refractivity contribution is 7.80. The largest absolute Gasteiger partial charge is 0.489 e. The topological polar surface area (TPSA) is 61.2 Å². The summed E-state index contributed by atoms with van der Waals surface area (Å²) in [4.78, 5) is 0. The number of benzene rings is 2. The number of hydrazone groups is 1. The molecule has 2 aromatic rings. The van der Waals surface area contributed by atoms with Crippen molar-refractivity contribution in [3.63, 3.8) is 0 Å². The zero-order chi connectivity index (χ0) is 15.9. The van der Waals surface area contributed by atoms with Crippen molar-refractivity contribution in [2.24, 2.45) is 5.73 Å². The van der Waals surface area contributed by atoms with E-state index in [1.165, 1.54) is 0 Å². The summed E-state index contributed by atoms with van der Waals surface area (Å²) in [6.45, 7) is 0.359. The molecule has 0 aliphatic rings. The first-order valence-corrected chi connectivity index (χ1v) is 7.52. The van der Waals surface area contributed by atoms with Gasteiger partial charge in [-0.15, -0.1) is 10.5 Å². The molecule has 0 bridgehead atoms. The van der Waals surface area contributed by atoms with E-state index in [4.69, 9.17) is 45.9 Å². The molecule has 0 saturated heterocycles. The molecule has 0 unspecified atom stereocenters. The molecule has 114 valence electrons. The molecule has 2 aromatic carbocycles. The quantitative estimate of drug-likeness (QED) is 0.435. The summed E-state index contributed by atoms with van der Waals surface area (Å²) in [6, 6.07) is 12.8. The Kier molecular flexibility index (Phi) is 6.00. The van der Waals surface area contributed by atoms with Gasteiger partial charge in [0.1, 0.15) is 12.4 Å². The number of rotatable bonds is 5. The molecule has 0 aliphatic heterocycles. The van der Waals surface area contributed by atoms with Crippen LogP contribution in [-0.4, -0.2) is 11.3 Å². The number of thiocarbonyl (C=S) groups is 1. The van der Waals surface area contributed by atoms with E-state index in [0.717, 1.165) is 16.9 Å². The summed E-state index contributed by atoms with van der Waals surface area (Å²) < 4.78 is 5.73. The first-order chi connectivity index (χ1) is 10.5. The summed E-state index contributed by atoms with van der Waals surface area (Å²) >= 11 is 16.7. The molecular weight excluding hydrogens is 341 g/mol. The normalized spacial score (nSPS) is 10.6. The standard InChI is InChI=1S/C15H13Cl2N3OS/c16-12-5-4-11(14(17)7-12)9-21-13-3-1-2-10(6-13)8-19-20-15(18)22/h1-8H,9H2,(H3,18,20,22)/p+1. The van der Waals surface area contributed by atoms with Crippen molar-refractivity contribution in [2.45, 2.75) is 6.61 Å². The molecule has 2 rings (SSSR count). The SMILES string of the molecule is NC(=S)N[NH+]=Cc1cccc(OCc2ccc(Cl)cc2Cl)c1. The maximum Gasteiger partial charge on any atom is 0.221 e. The highest BCUT2D eigenvalue weighted by atomic mass is 35.5. The lowest BCUT2D eigenvalue weighted by atomic mass is 10.2. The summed E-state index contributed by atoms with van der Waals surface area (Å²) in [6.07, 6.45) is 1.72. The molecule has 0 spiro atoms. The molecule has 0 amide bonds. The van der Waals surface area contributed by atoms with Gasteiger partial charge in [-0.25, -0.2) is 0 Å². The highest BCUT2D eigenvalue weighted by Gasteiger charge is 2.03. The van der Waals surface area contributed by atoms with Crippen LogP contribution in [0, 0.1) is 0 Å². The summed E-state index contributed by atoms with van der Waals surface area (Å²) in [5, 5.41) is 4.13. The first-order valence-electron chi connectivity index (χ1n) is 6.35. The Bertz CT molecular complexity index is 707. The number of ether oxygens (including phenoxy) is 1. The lowest BCUT2D eigenvalue weighted by Crippen LogP contribution is -2.82. The second kappa shape index (κ2) is 7.98. The Labute approximate surface area is 143 Å². The van der Waals surface area contributed by atoms with Gasteiger partial charge in [0.15, 0.2) is 6.21 Å². The van der Waals surface area contributed by atoms with Crippen molar-refractivity contribution in [3.05, 3.63) is 63.6 Å². The van der Waals surface area contributed by atoms with Gasteiger partial charge in [-0.05, 0) is 42.5 Å². The van der Waals surface area contributed by atoms with Gasteiger partial charge < -0.3 is 10.5 Å². The molecule has 0 aliphatic carbocycles. The minimum Gasteiger partial charge on any atom is -0.489 e. The smallest absolute Gasteiger partial charge is 0.221 e. The van der Waals surface area contributed by atoms with Gasteiger partial charge in [0, 0.05) is 21.2 Å². The van der Waals surface area contributed by atoms with Gasteiger partial charge in [0.2, 0.25) is 5.11 Å². The van der Waals surface area contributed by atoms with E-state index >= 15 is 0 Å². The van der Waals surface area contributed by atoms with E-state index in [1.807, 2.05) is 30.3 Å². The minimum atomic E-state index is 0.168. The predicted molar refractivity (Wildman–Crippen MR) is 93.3 cm³/mol. The van der Waals surface area contributed by atoms with Crippen LogP contribution in [-0.2, 0) is 6.61 Å². The van der Waals surface area contributed by atoms with Crippen LogP contribution < -0.4 is 21.0 Å². The van der Waals surface area contributed by atoms with Gasteiger partial charge >= 0.3 is 0 Å².